The maximum absolute atomic E-state index is 13.9. The Balaban J connectivity index is 2.15. The van der Waals surface area contributed by atoms with Gasteiger partial charge in [0, 0.05) is 16.8 Å². The number of pyridine rings is 1. The minimum absolute atomic E-state index is 0.335. The monoisotopic (exact) mass is 288 g/mol. The molecule has 2 heterocycles. The molecule has 6 heteroatoms. The van der Waals surface area contributed by atoms with Crippen molar-refractivity contribution < 1.29 is 4.39 Å². The Labute approximate surface area is 119 Å². The van der Waals surface area contributed by atoms with E-state index in [2.05, 4.69) is 9.97 Å². The summed E-state index contributed by atoms with van der Waals surface area (Å²) in [4.78, 5) is 8.09. The summed E-state index contributed by atoms with van der Waals surface area (Å²) in [5, 5.41) is 0.455. The first-order valence-corrected chi connectivity index (χ1v) is 6.22. The zero-order valence-electron chi connectivity index (χ0n) is 10.3. The fourth-order valence-electron chi connectivity index (χ4n) is 1.93. The first-order chi connectivity index (χ1) is 9.65. The summed E-state index contributed by atoms with van der Waals surface area (Å²) in [6.07, 6.45) is 4.78. The molecule has 2 aromatic heterocycles. The number of halogens is 2. The molecule has 3 rings (SSSR count). The van der Waals surface area contributed by atoms with E-state index >= 15 is 0 Å². The first kappa shape index (κ1) is 12.6. The maximum atomic E-state index is 13.9. The van der Waals surface area contributed by atoms with Crippen molar-refractivity contribution in [3.63, 3.8) is 0 Å². The number of imidazole rings is 1. The Bertz CT molecular complexity index is 752. The molecule has 100 valence electrons. The van der Waals surface area contributed by atoms with Crippen LogP contribution >= 0.6 is 11.6 Å². The van der Waals surface area contributed by atoms with Crippen LogP contribution in [0.4, 0.5) is 10.2 Å². The van der Waals surface area contributed by atoms with Crippen molar-refractivity contribution in [2.24, 2.45) is 0 Å². The quantitative estimate of drug-likeness (QED) is 0.787. The molecule has 0 aliphatic carbocycles. The van der Waals surface area contributed by atoms with Crippen molar-refractivity contribution in [1.82, 2.24) is 14.5 Å². The van der Waals surface area contributed by atoms with Crippen molar-refractivity contribution in [2.75, 3.05) is 5.73 Å². The van der Waals surface area contributed by atoms with Crippen LogP contribution in [0.5, 0.6) is 0 Å². The fraction of sp³-hybridized carbons (Fsp3) is 0. The van der Waals surface area contributed by atoms with Crippen LogP contribution in [0.2, 0.25) is 5.02 Å². The van der Waals surface area contributed by atoms with Crippen LogP contribution in [0, 0.1) is 5.82 Å². The highest BCUT2D eigenvalue weighted by molar-refractivity contribution is 6.30. The van der Waals surface area contributed by atoms with Gasteiger partial charge < -0.3 is 5.73 Å². The lowest BCUT2D eigenvalue weighted by Gasteiger charge is -2.09. The summed E-state index contributed by atoms with van der Waals surface area (Å²) in [7, 11) is 0. The summed E-state index contributed by atoms with van der Waals surface area (Å²) in [5.41, 5.74) is 7.39. The molecule has 3 aromatic rings. The van der Waals surface area contributed by atoms with Crippen LogP contribution < -0.4 is 5.73 Å². The van der Waals surface area contributed by atoms with Crippen LogP contribution in [0.1, 0.15) is 0 Å². The molecule has 0 spiro atoms. The number of rotatable bonds is 2. The van der Waals surface area contributed by atoms with Crippen molar-refractivity contribution in [2.45, 2.75) is 0 Å². The van der Waals surface area contributed by atoms with Gasteiger partial charge in [0.25, 0.3) is 0 Å². The van der Waals surface area contributed by atoms with E-state index in [1.807, 2.05) is 0 Å². The second kappa shape index (κ2) is 4.94. The molecule has 2 N–H and O–H groups in total. The van der Waals surface area contributed by atoms with Crippen LogP contribution in [0.25, 0.3) is 16.9 Å². The fourth-order valence-corrected chi connectivity index (χ4v) is 2.09. The van der Waals surface area contributed by atoms with E-state index in [0.29, 0.717) is 22.2 Å². The van der Waals surface area contributed by atoms with Gasteiger partial charge in [-0.15, -0.1) is 0 Å². The summed E-state index contributed by atoms with van der Waals surface area (Å²) in [5.74, 6) is 0.0470. The summed E-state index contributed by atoms with van der Waals surface area (Å²) < 4.78 is 15.6. The van der Waals surface area contributed by atoms with E-state index < -0.39 is 0 Å². The Morgan fingerprint density at radius 1 is 1.15 bits per heavy atom. The van der Waals surface area contributed by atoms with Gasteiger partial charge in [-0.2, -0.15) is 0 Å². The Morgan fingerprint density at radius 2 is 2.00 bits per heavy atom. The average molecular weight is 289 g/mol. The van der Waals surface area contributed by atoms with Gasteiger partial charge in [0.2, 0.25) is 0 Å². The number of anilines is 1. The lowest BCUT2D eigenvalue weighted by atomic mass is 10.2. The van der Waals surface area contributed by atoms with Crippen LogP contribution in [-0.2, 0) is 0 Å². The molecule has 0 saturated carbocycles. The van der Waals surface area contributed by atoms with Crippen molar-refractivity contribution in [3.8, 4) is 16.9 Å². The second-order valence-electron chi connectivity index (χ2n) is 4.22. The van der Waals surface area contributed by atoms with Gasteiger partial charge in [-0.3, -0.25) is 4.57 Å². The number of hydrogen-bond acceptors (Lipinski definition) is 3. The Kier molecular flexibility index (Phi) is 3.12. The molecule has 0 radical (unpaired) electrons. The van der Waals surface area contributed by atoms with E-state index in [1.54, 1.807) is 35.2 Å². The maximum Gasteiger partial charge on any atom is 0.147 e. The average Bonchev–Trinajstić information content (AvgIpc) is 2.91. The molecule has 0 saturated heterocycles. The van der Waals surface area contributed by atoms with E-state index in [1.165, 1.54) is 18.5 Å². The van der Waals surface area contributed by atoms with E-state index in [-0.39, 0.29) is 5.82 Å². The van der Waals surface area contributed by atoms with Crippen LogP contribution in [-0.4, -0.2) is 14.5 Å². The molecule has 0 fully saturated rings. The SMILES string of the molecule is Nc1ccc(-c2cncn2-c2cc(Cl)ccc2F)cn1. The Morgan fingerprint density at radius 3 is 2.75 bits per heavy atom. The predicted molar refractivity (Wildman–Crippen MR) is 76.2 cm³/mol. The summed E-state index contributed by atoms with van der Waals surface area (Å²) >= 11 is 5.92. The highest BCUT2D eigenvalue weighted by Crippen LogP contribution is 2.25. The third kappa shape index (κ3) is 2.23. The molecule has 0 aliphatic rings. The lowest BCUT2D eigenvalue weighted by molar-refractivity contribution is 0.618. The molecule has 0 amide bonds. The Hall–Kier alpha value is -2.40. The van der Waals surface area contributed by atoms with Crippen molar-refractivity contribution >= 4 is 17.4 Å². The first-order valence-electron chi connectivity index (χ1n) is 5.85. The number of nitrogens with two attached hydrogens (primary N) is 1. The minimum Gasteiger partial charge on any atom is -0.384 e. The number of nitrogens with zero attached hydrogens (tertiary/aromatic N) is 3. The largest absolute Gasteiger partial charge is 0.384 e. The zero-order valence-corrected chi connectivity index (χ0v) is 11.0. The molecule has 0 bridgehead atoms. The third-order valence-electron chi connectivity index (χ3n) is 2.89. The topological polar surface area (TPSA) is 56.7 Å². The molecule has 0 aliphatic heterocycles. The van der Waals surface area contributed by atoms with Gasteiger partial charge in [-0.25, -0.2) is 14.4 Å². The van der Waals surface area contributed by atoms with Crippen molar-refractivity contribution in [1.29, 1.82) is 0 Å². The smallest absolute Gasteiger partial charge is 0.147 e. The van der Waals surface area contributed by atoms with Gasteiger partial charge in [-0.05, 0) is 30.3 Å². The predicted octanol–water partition coefficient (Wildman–Crippen LogP) is 3.31. The lowest BCUT2D eigenvalue weighted by Crippen LogP contribution is -1.99. The number of nitrogen functional groups attached to an aromatic ring is 1. The molecule has 0 atom stereocenters. The third-order valence-corrected chi connectivity index (χ3v) is 3.12. The van der Waals surface area contributed by atoms with Gasteiger partial charge in [0.1, 0.15) is 11.6 Å². The highest BCUT2D eigenvalue weighted by atomic mass is 35.5. The van der Waals surface area contributed by atoms with E-state index in [4.69, 9.17) is 17.3 Å². The molecule has 1 aromatic carbocycles. The number of aromatic nitrogens is 3. The number of benzene rings is 1. The van der Waals surface area contributed by atoms with Gasteiger partial charge in [0.05, 0.1) is 23.9 Å². The van der Waals surface area contributed by atoms with Gasteiger partial charge >= 0.3 is 0 Å². The molecule has 20 heavy (non-hydrogen) atoms. The highest BCUT2D eigenvalue weighted by Gasteiger charge is 2.11. The molecular formula is C14H10ClFN4. The van der Waals surface area contributed by atoms with Crippen LogP contribution in [0.15, 0.2) is 49.1 Å². The number of hydrogen-bond donors (Lipinski definition) is 1. The second-order valence-corrected chi connectivity index (χ2v) is 4.65. The normalized spacial score (nSPS) is 10.7. The molecular weight excluding hydrogens is 279 g/mol. The van der Waals surface area contributed by atoms with E-state index in [9.17, 15) is 4.39 Å². The zero-order chi connectivity index (χ0) is 14.1. The van der Waals surface area contributed by atoms with Crippen molar-refractivity contribution in [3.05, 3.63) is 59.9 Å². The standard InChI is InChI=1S/C14H10ClFN4/c15-10-2-3-11(16)12(5-10)20-8-18-7-13(20)9-1-4-14(17)19-6-9/h1-8H,(H2,17,19). The van der Waals surface area contributed by atoms with E-state index in [0.717, 1.165) is 5.56 Å². The van der Waals surface area contributed by atoms with Gasteiger partial charge in [0.15, 0.2) is 0 Å². The molecule has 4 nitrogen and oxygen atoms in total. The van der Waals surface area contributed by atoms with Crippen LogP contribution in [0.3, 0.4) is 0 Å². The summed E-state index contributed by atoms with van der Waals surface area (Å²) in [6.45, 7) is 0. The van der Waals surface area contributed by atoms with Gasteiger partial charge in [-0.1, -0.05) is 11.6 Å². The molecule has 0 unspecified atom stereocenters. The minimum atomic E-state index is -0.378. The summed E-state index contributed by atoms with van der Waals surface area (Å²) in [6, 6.07) is 7.86.